The molecule has 1 N–H and O–H groups in total. The molecule has 0 radical (unpaired) electrons. The Morgan fingerprint density at radius 1 is 1.29 bits per heavy atom. The van der Waals surface area contributed by atoms with Gasteiger partial charge in [0.15, 0.2) is 4.80 Å². The second-order valence-corrected chi connectivity index (χ2v) is 8.56. The zero-order valence-corrected chi connectivity index (χ0v) is 19.9. The van der Waals surface area contributed by atoms with Crippen molar-refractivity contribution in [2.24, 2.45) is 4.99 Å². The average molecular weight is 496 g/mol. The minimum atomic E-state index is -0.808. The minimum Gasteiger partial charge on any atom is -0.502 e. The zero-order valence-electron chi connectivity index (χ0n) is 19.0. The van der Waals surface area contributed by atoms with Crippen LogP contribution >= 0.6 is 11.3 Å². The summed E-state index contributed by atoms with van der Waals surface area (Å²) in [6.45, 7) is 3.52. The van der Waals surface area contributed by atoms with Gasteiger partial charge in [-0.2, -0.15) is 0 Å². The molecular formula is C24H21N3O7S. The fraction of sp³-hybridized carbons (Fsp3) is 0.208. The van der Waals surface area contributed by atoms with Gasteiger partial charge in [0.1, 0.15) is 5.75 Å². The van der Waals surface area contributed by atoms with E-state index in [0.717, 1.165) is 11.3 Å². The fourth-order valence-corrected chi connectivity index (χ4v) is 4.88. The molecule has 11 heteroatoms. The Balaban J connectivity index is 1.95. The van der Waals surface area contributed by atoms with Crippen molar-refractivity contribution >= 4 is 29.1 Å². The first-order chi connectivity index (χ1) is 16.8. The number of carbonyl (C=O) groups is 1. The molecule has 0 aliphatic carbocycles. The lowest BCUT2D eigenvalue weighted by atomic mass is 9.96. The van der Waals surface area contributed by atoms with Crippen LogP contribution in [0.4, 0.5) is 5.69 Å². The van der Waals surface area contributed by atoms with Crippen molar-refractivity contribution in [3.63, 3.8) is 0 Å². The monoisotopic (exact) mass is 495 g/mol. The number of phenols is 1. The number of ether oxygens (including phenoxy) is 2. The predicted molar refractivity (Wildman–Crippen MR) is 128 cm³/mol. The van der Waals surface area contributed by atoms with E-state index in [-0.39, 0.29) is 22.3 Å². The molecule has 0 saturated heterocycles. The smallest absolute Gasteiger partial charge is 0.338 e. The summed E-state index contributed by atoms with van der Waals surface area (Å²) in [5.41, 5.74) is 0.475. The Morgan fingerprint density at radius 3 is 2.63 bits per heavy atom. The fourth-order valence-electron chi connectivity index (χ4n) is 3.85. The maximum Gasteiger partial charge on any atom is 0.338 e. The number of hydrogen-bond donors (Lipinski definition) is 1. The van der Waals surface area contributed by atoms with E-state index in [0.29, 0.717) is 21.8 Å². The number of esters is 1. The van der Waals surface area contributed by atoms with Crippen LogP contribution in [0.25, 0.3) is 6.08 Å². The molecule has 10 nitrogen and oxygen atoms in total. The molecule has 1 aromatic heterocycles. The van der Waals surface area contributed by atoms with Gasteiger partial charge in [0.2, 0.25) is 5.75 Å². The molecule has 0 spiro atoms. The van der Waals surface area contributed by atoms with Crippen molar-refractivity contribution < 1.29 is 24.3 Å². The number of phenolic OH excluding ortho intramolecular Hbond substituents is 1. The van der Waals surface area contributed by atoms with Gasteiger partial charge in [-0.15, -0.1) is 0 Å². The van der Waals surface area contributed by atoms with Crippen LogP contribution in [-0.2, 0) is 9.53 Å². The lowest BCUT2D eigenvalue weighted by molar-refractivity contribution is -0.385. The Kier molecular flexibility index (Phi) is 6.52. The van der Waals surface area contributed by atoms with Crippen molar-refractivity contribution in [2.75, 3.05) is 13.7 Å². The largest absolute Gasteiger partial charge is 0.502 e. The quantitative estimate of drug-likeness (QED) is 0.315. The third-order valence-electron chi connectivity index (χ3n) is 5.48. The van der Waals surface area contributed by atoms with Gasteiger partial charge in [-0.1, -0.05) is 35.6 Å². The topological polar surface area (TPSA) is 133 Å². The molecule has 1 aliphatic heterocycles. The first kappa shape index (κ1) is 23.9. The van der Waals surface area contributed by atoms with E-state index >= 15 is 0 Å². The lowest BCUT2D eigenvalue weighted by Crippen LogP contribution is -2.39. The third-order valence-corrected chi connectivity index (χ3v) is 6.46. The summed E-state index contributed by atoms with van der Waals surface area (Å²) in [5.74, 6) is -0.515. The highest BCUT2D eigenvalue weighted by Gasteiger charge is 2.33. The second-order valence-electron chi connectivity index (χ2n) is 7.55. The molecular weight excluding hydrogens is 474 g/mol. The summed E-state index contributed by atoms with van der Waals surface area (Å²) in [4.78, 5) is 41.8. The van der Waals surface area contributed by atoms with Crippen molar-refractivity contribution in [3.8, 4) is 11.5 Å². The number of rotatable bonds is 6. The molecule has 2 aromatic carbocycles. The van der Waals surface area contributed by atoms with Crippen molar-refractivity contribution in [3.05, 3.63) is 94.7 Å². The third kappa shape index (κ3) is 4.33. The van der Waals surface area contributed by atoms with Crippen molar-refractivity contribution in [2.45, 2.75) is 19.9 Å². The summed E-state index contributed by atoms with van der Waals surface area (Å²) >= 11 is 1.05. The summed E-state index contributed by atoms with van der Waals surface area (Å²) in [6.07, 6.45) is 1.38. The number of para-hydroxylation sites is 1. The minimum absolute atomic E-state index is 0.117. The van der Waals surface area contributed by atoms with E-state index in [4.69, 9.17) is 9.47 Å². The number of thiazole rings is 1. The van der Waals surface area contributed by atoms with E-state index in [9.17, 15) is 24.8 Å². The lowest BCUT2D eigenvalue weighted by Gasteiger charge is -2.24. The predicted octanol–water partition coefficient (Wildman–Crippen LogP) is 2.42. The molecule has 2 heterocycles. The van der Waals surface area contributed by atoms with Crippen LogP contribution in [0.15, 0.2) is 63.5 Å². The van der Waals surface area contributed by atoms with Gasteiger partial charge in [-0.3, -0.25) is 19.5 Å². The first-order valence-corrected chi connectivity index (χ1v) is 11.4. The molecule has 0 bridgehead atoms. The molecule has 0 fully saturated rings. The van der Waals surface area contributed by atoms with Crippen molar-refractivity contribution in [1.82, 2.24) is 4.57 Å². The van der Waals surface area contributed by atoms with Crippen LogP contribution in [0.1, 0.15) is 31.0 Å². The number of nitrogens with zero attached hydrogens (tertiary/aromatic N) is 3. The second kappa shape index (κ2) is 9.55. The number of aromatic nitrogens is 1. The van der Waals surface area contributed by atoms with Crippen LogP contribution in [-0.4, -0.2) is 34.3 Å². The van der Waals surface area contributed by atoms with Crippen LogP contribution in [0, 0.1) is 10.1 Å². The Morgan fingerprint density at radius 2 is 2.00 bits per heavy atom. The van der Waals surface area contributed by atoms with Crippen LogP contribution < -0.4 is 19.6 Å². The molecule has 0 unspecified atom stereocenters. The summed E-state index contributed by atoms with van der Waals surface area (Å²) < 4.78 is 12.1. The number of fused-ring (bicyclic) bond motifs is 1. The molecule has 1 aliphatic rings. The molecule has 180 valence electrons. The summed E-state index contributed by atoms with van der Waals surface area (Å²) in [6, 6.07) is 10.2. The van der Waals surface area contributed by atoms with E-state index in [2.05, 4.69) is 4.99 Å². The highest BCUT2D eigenvalue weighted by atomic mass is 32.1. The van der Waals surface area contributed by atoms with Gasteiger partial charge < -0.3 is 14.6 Å². The van der Waals surface area contributed by atoms with E-state index in [1.807, 2.05) is 0 Å². The zero-order chi connectivity index (χ0) is 25.3. The first-order valence-electron chi connectivity index (χ1n) is 10.6. The SMILES string of the molecule is CCOC(=O)C1=C(C)N=c2s/c(=C\c3cccc([N+](=O)[O-])c3O)c(=O)n2[C@H]1c1ccc(OC)cc1. The van der Waals surface area contributed by atoms with Gasteiger partial charge in [0.05, 0.1) is 40.5 Å². The Labute approximate surface area is 202 Å². The molecule has 1 atom stereocenters. The van der Waals surface area contributed by atoms with Crippen LogP contribution in [0.3, 0.4) is 0 Å². The maximum atomic E-state index is 13.6. The van der Waals surface area contributed by atoms with Gasteiger partial charge in [-0.05, 0) is 37.6 Å². The van der Waals surface area contributed by atoms with Crippen LogP contribution in [0.5, 0.6) is 11.5 Å². The van der Waals surface area contributed by atoms with Gasteiger partial charge in [-0.25, -0.2) is 9.79 Å². The Hall–Kier alpha value is -4.25. The van der Waals surface area contributed by atoms with Crippen LogP contribution in [0.2, 0.25) is 0 Å². The number of carbonyl (C=O) groups excluding carboxylic acids is 1. The number of nitro benzene ring substituents is 1. The highest BCUT2D eigenvalue weighted by molar-refractivity contribution is 7.07. The molecule has 0 amide bonds. The number of allylic oxidation sites excluding steroid dienone is 1. The molecule has 3 aromatic rings. The van der Waals surface area contributed by atoms with Gasteiger partial charge in [0, 0.05) is 11.6 Å². The maximum absolute atomic E-state index is 13.6. The van der Waals surface area contributed by atoms with Gasteiger partial charge >= 0.3 is 11.7 Å². The number of benzene rings is 2. The average Bonchev–Trinajstić information content (AvgIpc) is 3.13. The van der Waals surface area contributed by atoms with E-state index < -0.39 is 33.9 Å². The number of aromatic hydroxyl groups is 1. The number of methoxy groups -OCH3 is 1. The molecule has 35 heavy (non-hydrogen) atoms. The number of nitro groups is 1. The van der Waals surface area contributed by atoms with E-state index in [1.54, 1.807) is 38.1 Å². The summed E-state index contributed by atoms with van der Waals surface area (Å²) in [5, 5.41) is 21.5. The summed E-state index contributed by atoms with van der Waals surface area (Å²) in [7, 11) is 1.54. The van der Waals surface area contributed by atoms with Crippen molar-refractivity contribution in [1.29, 1.82) is 0 Å². The molecule has 0 saturated carbocycles. The highest BCUT2D eigenvalue weighted by Crippen LogP contribution is 2.32. The van der Waals surface area contributed by atoms with Gasteiger partial charge in [0.25, 0.3) is 5.56 Å². The normalized spacial score (nSPS) is 15.4. The standard InChI is InChI=1S/C24H21N3O7S/c1-4-34-23(30)19-13(2)25-24-26(20(19)14-8-10-16(33-3)11-9-14)22(29)18(35-24)12-15-6-5-7-17(21(15)28)27(31)32/h5-12,20,28H,4H2,1-3H3/b18-12-/t20-/m0/s1. The van der Waals surface area contributed by atoms with E-state index in [1.165, 1.54) is 36.0 Å². The number of hydrogen-bond acceptors (Lipinski definition) is 9. The Bertz CT molecular complexity index is 1530. The molecule has 4 rings (SSSR count).